The molecule has 8 heteroatoms. The zero-order valence-corrected chi connectivity index (χ0v) is 15.4. The van der Waals surface area contributed by atoms with Crippen LogP contribution in [0.3, 0.4) is 0 Å². The van der Waals surface area contributed by atoms with Crippen LogP contribution >= 0.6 is 0 Å². The van der Waals surface area contributed by atoms with Crippen LogP contribution < -0.4 is 10.1 Å². The van der Waals surface area contributed by atoms with Gasteiger partial charge in [0.1, 0.15) is 35.8 Å². The summed E-state index contributed by atoms with van der Waals surface area (Å²) >= 11 is 0. The topological polar surface area (TPSA) is 77.2 Å². The van der Waals surface area contributed by atoms with Crippen LogP contribution in [0.5, 0.6) is 11.5 Å². The van der Waals surface area contributed by atoms with Gasteiger partial charge in [-0.2, -0.15) is 5.10 Å². The summed E-state index contributed by atoms with van der Waals surface area (Å²) < 4.78 is 21.9. The zero-order chi connectivity index (χ0) is 19.8. The van der Waals surface area contributed by atoms with E-state index in [0.29, 0.717) is 33.9 Å². The fraction of sp³-hybridized carbons (Fsp3) is 0.0476. The zero-order valence-electron chi connectivity index (χ0n) is 15.4. The van der Waals surface area contributed by atoms with E-state index in [1.165, 1.54) is 18.7 Å². The van der Waals surface area contributed by atoms with Crippen molar-refractivity contribution in [3.63, 3.8) is 0 Å². The van der Waals surface area contributed by atoms with E-state index in [1.54, 1.807) is 22.8 Å². The average molecular weight is 386 g/mol. The molecule has 5 rings (SSSR count). The summed E-state index contributed by atoms with van der Waals surface area (Å²) in [5.74, 6) is 1.42. The second-order valence-corrected chi connectivity index (χ2v) is 6.49. The van der Waals surface area contributed by atoms with Gasteiger partial charge >= 0.3 is 0 Å². The molecule has 142 valence electrons. The summed E-state index contributed by atoms with van der Waals surface area (Å²) in [4.78, 5) is 12.5. The Bertz CT molecular complexity index is 1340. The van der Waals surface area contributed by atoms with Crippen LogP contribution in [0.25, 0.3) is 16.6 Å². The van der Waals surface area contributed by atoms with E-state index in [-0.39, 0.29) is 5.82 Å². The standard InChI is InChI=1S/C21H15FN6O/c1-13-9-14(27-21-20-16(22)3-2-4-17(20)23-11-25-21)5-6-18(13)29-15-7-8-28-19(10-15)24-12-26-28/h2-12H,1H3,(H,23,25,27). The van der Waals surface area contributed by atoms with Gasteiger partial charge in [-0.3, -0.25) is 0 Å². The smallest absolute Gasteiger partial charge is 0.158 e. The number of aryl methyl sites for hydroxylation is 1. The van der Waals surface area contributed by atoms with Crippen molar-refractivity contribution in [2.75, 3.05) is 5.32 Å². The Hall–Kier alpha value is -4.07. The number of pyridine rings is 1. The predicted molar refractivity (Wildman–Crippen MR) is 107 cm³/mol. The maximum absolute atomic E-state index is 14.3. The van der Waals surface area contributed by atoms with Gasteiger partial charge < -0.3 is 10.1 Å². The van der Waals surface area contributed by atoms with Crippen molar-refractivity contribution in [3.8, 4) is 11.5 Å². The number of nitrogens with one attached hydrogen (secondary N) is 1. The van der Waals surface area contributed by atoms with Gasteiger partial charge in [-0.25, -0.2) is 23.9 Å². The summed E-state index contributed by atoms with van der Waals surface area (Å²) in [6.45, 7) is 1.94. The van der Waals surface area contributed by atoms with E-state index >= 15 is 0 Å². The lowest BCUT2D eigenvalue weighted by atomic mass is 10.2. The lowest BCUT2D eigenvalue weighted by Gasteiger charge is -2.12. The Labute approximate surface area is 164 Å². The maximum Gasteiger partial charge on any atom is 0.158 e. The van der Waals surface area contributed by atoms with E-state index in [9.17, 15) is 4.39 Å². The van der Waals surface area contributed by atoms with Gasteiger partial charge in [0.25, 0.3) is 0 Å². The van der Waals surface area contributed by atoms with Crippen molar-refractivity contribution in [2.24, 2.45) is 0 Å². The molecule has 3 aromatic heterocycles. The van der Waals surface area contributed by atoms with Gasteiger partial charge in [-0.15, -0.1) is 0 Å². The quantitative estimate of drug-likeness (QED) is 0.484. The molecule has 0 saturated heterocycles. The van der Waals surface area contributed by atoms with Crippen LogP contribution in [0, 0.1) is 12.7 Å². The Morgan fingerprint density at radius 1 is 1.00 bits per heavy atom. The van der Waals surface area contributed by atoms with Crippen LogP contribution in [0.1, 0.15) is 5.56 Å². The molecule has 0 fully saturated rings. The maximum atomic E-state index is 14.3. The average Bonchev–Trinajstić information content (AvgIpc) is 3.18. The number of ether oxygens (including phenoxy) is 1. The first-order valence-corrected chi connectivity index (χ1v) is 8.91. The highest BCUT2D eigenvalue weighted by Gasteiger charge is 2.10. The number of fused-ring (bicyclic) bond motifs is 2. The van der Waals surface area contributed by atoms with E-state index in [1.807, 2.05) is 37.3 Å². The molecule has 0 spiro atoms. The van der Waals surface area contributed by atoms with Gasteiger partial charge in [0.05, 0.1) is 10.9 Å². The van der Waals surface area contributed by atoms with Crippen molar-refractivity contribution in [1.82, 2.24) is 24.6 Å². The van der Waals surface area contributed by atoms with E-state index in [0.717, 1.165) is 11.3 Å². The second kappa shape index (κ2) is 6.83. The van der Waals surface area contributed by atoms with Crippen LogP contribution in [0.4, 0.5) is 15.9 Å². The van der Waals surface area contributed by atoms with Crippen molar-refractivity contribution >= 4 is 28.1 Å². The molecule has 0 atom stereocenters. The SMILES string of the molecule is Cc1cc(Nc2ncnc3cccc(F)c23)ccc1Oc1ccn2ncnc2c1. The summed E-state index contributed by atoms with van der Waals surface area (Å²) in [7, 11) is 0. The Balaban J connectivity index is 1.43. The number of nitrogens with zero attached hydrogens (tertiary/aromatic N) is 5. The Morgan fingerprint density at radius 2 is 1.93 bits per heavy atom. The molecule has 7 nitrogen and oxygen atoms in total. The summed E-state index contributed by atoms with van der Waals surface area (Å²) in [5, 5.41) is 7.60. The number of hydrogen-bond acceptors (Lipinski definition) is 6. The third kappa shape index (κ3) is 3.20. The summed E-state index contributed by atoms with van der Waals surface area (Å²) in [5.41, 5.74) is 2.93. The third-order valence-electron chi connectivity index (χ3n) is 4.53. The summed E-state index contributed by atoms with van der Waals surface area (Å²) in [6.07, 6.45) is 4.69. The minimum absolute atomic E-state index is 0.356. The number of halogens is 1. The largest absolute Gasteiger partial charge is 0.457 e. The highest BCUT2D eigenvalue weighted by molar-refractivity contribution is 5.91. The van der Waals surface area contributed by atoms with Crippen LogP contribution in [0.2, 0.25) is 0 Å². The first-order chi connectivity index (χ1) is 14.2. The number of rotatable bonds is 4. The molecule has 0 aliphatic carbocycles. The number of aromatic nitrogens is 5. The molecule has 0 aliphatic heterocycles. The van der Waals surface area contributed by atoms with Crippen LogP contribution in [-0.4, -0.2) is 24.6 Å². The highest BCUT2D eigenvalue weighted by Crippen LogP contribution is 2.30. The van der Waals surface area contributed by atoms with Crippen LogP contribution in [0.15, 0.2) is 67.4 Å². The van der Waals surface area contributed by atoms with Gasteiger partial charge in [-0.05, 0) is 48.9 Å². The minimum Gasteiger partial charge on any atom is -0.457 e. The van der Waals surface area contributed by atoms with Gasteiger partial charge in [0.15, 0.2) is 5.65 Å². The van der Waals surface area contributed by atoms with E-state index in [4.69, 9.17) is 4.74 Å². The molecule has 0 unspecified atom stereocenters. The Morgan fingerprint density at radius 3 is 2.83 bits per heavy atom. The molecular weight excluding hydrogens is 371 g/mol. The van der Waals surface area contributed by atoms with Gasteiger partial charge in [0, 0.05) is 18.0 Å². The molecule has 0 radical (unpaired) electrons. The first kappa shape index (κ1) is 17.1. The normalized spacial score (nSPS) is 11.1. The molecule has 5 aromatic rings. The lowest BCUT2D eigenvalue weighted by Crippen LogP contribution is -1.98. The monoisotopic (exact) mass is 386 g/mol. The Kier molecular flexibility index (Phi) is 4.02. The number of anilines is 2. The second-order valence-electron chi connectivity index (χ2n) is 6.49. The van der Waals surface area contributed by atoms with Crippen LogP contribution in [-0.2, 0) is 0 Å². The van der Waals surface area contributed by atoms with Crippen molar-refractivity contribution < 1.29 is 9.13 Å². The van der Waals surface area contributed by atoms with Gasteiger partial charge in [-0.1, -0.05) is 6.07 Å². The highest BCUT2D eigenvalue weighted by atomic mass is 19.1. The van der Waals surface area contributed by atoms with E-state index < -0.39 is 0 Å². The predicted octanol–water partition coefficient (Wildman–Crippen LogP) is 4.66. The summed E-state index contributed by atoms with van der Waals surface area (Å²) in [6, 6.07) is 14.0. The molecule has 3 heterocycles. The first-order valence-electron chi connectivity index (χ1n) is 8.91. The lowest BCUT2D eigenvalue weighted by molar-refractivity contribution is 0.478. The molecule has 0 amide bonds. The number of hydrogen-bond donors (Lipinski definition) is 1. The fourth-order valence-corrected chi connectivity index (χ4v) is 3.13. The molecule has 0 aliphatic rings. The fourth-order valence-electron chi connectivity index (χ4n) is 3.13. The molecule has 29 heavy (non-hydrogen) atoms. The minimum atomic E-state index is -0.369. The molecule has 0 bridgehead atoms. The number of benzene rings is 2. The third-order valence-corrected chi connectivity index (χ3v) is 4.53. The van der Waals surface area contributed by atoms with Crippen molar-refractivity contribution in [1.29, 1.82) is 0 Å². The molecular formula is C21H15FN6O. The van der Waals surface area contributed by atoms with E-state index in [2.05, 4.69) is 25.4 Å². The molecule has 0 saturated carbocycles. The molecule has 2 aromatic carbocycles. The van der Waals surface area contributed by atoms with Crippen molar-refractivity contribution in [3.05, 3.63) is 78.8 Å². The molecule has 1 N–H and O–H groups in total. The van der Waals surface area contributed by atoms with Gasteiger partial charge in [0.2, 0.25) is 0 Å². The van der Waals surface area contributed by atoms with Crippen molar-refractivity contribution in [2.45, 2.75) is 6.92 Å².